The zero-order valence-corrected chi connectivity index (χ0v) is 13.8. The van der Waals surface area contributed by atoms with Crippen LogP contribution in [0.15, 0.2) is 18.5 Å². The molecule has 0 saturated carbocycles. The molecular formula is C14H20ClFN4O2. The fraction of sp³-hybridized carbons (Fsp3) is 0.571. The maximum absolute atomic E-state index is 14.2. The minimum absolute atomic E-state index is 0.00902. The molecule has 1 aromatic heterocycles. The van der Waals surface area contributed by atoms with Gasteiger partial charge < -0.3 is 14.7 Å². The lowest BCUT2D eigenvalue weighted by Crippen LogP contribution is -2.38. The topological polar surface area (TPSA) is 61.7 Å². The van der Waals surface area contributed by atoms with Crippen LogP contribution in [0.5, 0.6) is 0 Å². The Kier molecular flexibility index (Phi) is 4.60. The molecule has 0 aromatic carbocycles. The molecule has 22 heavy (non-hydrogen) atoms. The number of anilines is 1. The van der Waals surface area contributed by atoms with Crippen LogP contribution in [-0.2, 0) is 10.4 Å². The lowest BCUT2D eigenvalue weighted by molar-refractivity contribution is -0.0708. The molecule has 1 aliphatic heterocycles. The van der Waals surface area contributed by atoms with Crippen molar-refractivity contribution in [3.8, 4) is 0 Å². The van der Waals surface area contributed by atoms with Gasteiger partial charge in [0.15, 0.2) is 23.4 Å². The predicted octanol–water partition coefficient (Wildman–Crippen LogP) is 2.24. The van der Waals surface area contributed by atoms with Crippen LogP contribution in [0.25, 0.3) is 0 Å². The van der Waals surface area contributed by atoms with Gasteiger partial charge in [0.05, 0.1) is 0 Å². The summed E-state index contributed by atoms with van der Waals surface area (Å²) in [7, 11) is 1.75. The van der Waals surface area contributed by atoms with Gasteiger partial charge in [-0.1, -0.05) is 18.2 Å². The van der Waals surface area contributed by atoms with Crippen LogP contribution in [-0.4, -0.2) is 46.3 Å². The molecule has 122 valence electrons. The molecule has 2 unspecified atom stereocenters. The Bertz CT molecular complexity index is 578. The summed E-state index contributed by atoms with van der Waals surface area (Å²) < 4.78 is 19.7. The number of nitrogens with zero attached hydrogens (tertiary/aromatic N) is 4. The van der Waals surface area contributed by atoms with Crippen LogP contribution < -0.4 is 4.90 Å². The molecule has 8 heteroatoms. The Hall–Kier alpha value is -1.44. The fourth-order valence-corrected chi connectivity index (χ4v) is 2.65. The summed E-state index contributed by atoms with van der Waals surface area (Å²) in [4.78, 5) is 3.13. The maximum atomic E-state index is 14.2. The molecule has 1 saturated heterocycles. The van der Waals surface area contributed by atoms with E-state index in [0.29, 0.717) is 12.4 Å². The van der Waals surface area contributed by atoms with E-state index in [1.54, 1.807) is 11.9 Å². The van der Waals surface area contributed by atoms with Gasteiger partial charge in [0.25, 0.3) is 0 Å². The van der Waals surface area contributed by atoms with Crippen LogP contribution in [0.2, 0.25) is 5.15 Å². The van der Waals surface area contributed by atoms with Crippen LogP contribution >= 0.6 is 11.6 Å². The highest BCUT2D eigenvalue weighted by Gasteiger charge is 2.42. The summed E-state index contributed by atoms with van der Waals surface area (Å²) in [6, 6.07) is 1.46. The normalized spacial score (nSPS) is 22.6. The number of hydrogen-bond donors (Lipinski definition) is 1. The first-order valence-corrected chi connectivity index (χ1v) is 7.29. The molecule has 0 radical (unpaired) electrons. The Morgan fingerprint density at radius 3 is 2.68 bits per heavy atom. The van der Waals surface area contributed by atoms with E-state index >= 15 is 0 Å². The van der Waals surface area contributed by atoms with Crippen molar-refractivity contribution in [2.45, 2.75) is 38.9 Å². The zero-order valence-electron chi connectivity index (χ0n) is 13.0. The minimum Gasteiger partial charge on any atom is -0.369 e. The molecule has 1 fully saturated rings. The van der Waals surface area contributed by atoms with Gasteiger partial charge in [-0.25, -0.2) is 4.39 Å². The van der Waals surface area contributed by atoms with Gasteiger partial charge >= 0.3 is 0 Å². The monoisotopic (exact) mass is 330 g/mol. The van der Waals surface area contributed by atoms with Crippen molar-refractivity contribution in [2.24, 2.45) is 0 Å². The highest BCUT2D eigenvalue weighted by Crippen LogP contribution is 2.35. The lowest BCUT2D eigenvalue weighted by Gasteiger charge is -2.23. The Labute approximate surface area is 134 Å². The van der Waals surface area contributed by atoms with Gasteiger partial charge in [-0.05, 0) is 26.8 Å². The van der Waals surface area contributed by atoms with Crippen molar-refractivity contribution in [2.75, 3.05) is 18.6 Å². The Balaban J connectivity index is 2.42. The van der Waals surface area contributed by atoms with E-state index in [-0.39, 0.29) is 16.5 Å². The fourth-order valence-electron chi connectivity index (χ4n) is 2.33. The SMILES string of the molecule is C=C1N(C)C(OCC)C(O)N1c1cc(C(C)(C)F)c(Cl)nn1. The number of rotatable bonds is 4. The first kappa shape index (κ1) is 16.9. The minimum atomic E-state index is -1.68. The molecule has 2 rings (SSSR count). The van der Waals surface area contributed by atoms with Gasteiger partial charge in [-0.15, -0.1) is 10.2 Å². The molecule has 0 spiro atoms. The number of aliphatic hydroxyl groups excluding tert-OH is 1. The second kappa shape index (κ2) is 5.98. The number of aromatic nitrogens is 2. The summed E-state index contributed by atoms with van der Waals surface area (Å²) >= 11 is 5.92. The van der Waals surface area contributed by atoms with Crippen LogP contribution in [0.4, 0.5) is 10.2 Å². The van der Waals surface area contributed by atoms with Crippen molar-refractivity contribution in [1.82, 2.24) is 15.1 Å². The van der Waals surface area contributed by atoms with Crippen LogP contribution in [0.3, 0.4) is 0 Å². The third kappa shape index (κ3) is 2.88. The molecule has 1 aliphatic rings. The van der Waals surface area contributed by atoms with E-state index in [9.17, 15) is 9.50 Å². The van der Waals surface area contributed by atoms with E-state index in [0.717, 1.165) is 0 Å². The number of aliphatic hydroxyl groups is 1. The lowest BCUT2D eigenvalue weighted by atomic mass is 10.0. The van der Waals surface area contributed by atoms with Crippen molar-refractivity contribution < 1.29 is 14.2 Å². The summed E-state index contributed by atoms with van der Waals surface area (Å²) in [5.41, 5.74) is -1.49. The second-order valence-electron chi connectivity index (χ2n) is 5.54. The summed E-state index contributed by atoms with van der Waals surface area (Å²) in [5, 5.41) is 18.1. The van der Waals surface area contributed by atoms with E-state index in [2.05, 4.69) is 16.8 Å². The zero-order chi connectivity index (χ0) is 16.7. The van der Waals surface area contributed by atoms with E-state index in [1.807, 2.05) is 6.92 Å². The molecule has 1 aromatic rings. The van der Waals surface area contributed by atoms with Crippen molar-refractivity contribution in [1.29, 1.82) is 0 Å². The molecule has 0 amide bonds. The summed E-state index contributed by atoms with van der Waals surface area (Å²) in [5.74, 6) is 0.738. The third-order valence-corrected chi connectivity index (χ3v) is 3.83. The average molecular weight is 331 g/mol. The maximum Gasteiger partial charge on any atom is 0.179 e. The molecule has 2 heterocycles. The van der Waals surface area contributed by atoms with Crippen molar-refractivity contribution in [3.63, 3.8) is 0 Å². The standard InChI is InChI=1S/C14H20ClFN4O2/c1-6-22-13-12(21)20(8(2)19(13)5)10-7-9(14(3,4)16)11(15)18-17-10/h7,12-13,21H,2,6H2,1,3-5H3. The van der Waals surface area contributed by atoms with E-state index in [1.165, 1.54) is 24.8 Å². The molecule has 1 N–H and O–H groups in total. The molecule has 6 nitrogen and oxygen atoms in total. The second-order valence-corrected chi connectivity index (χ2v) is 5.89. The third-order valence-electron chi connectivity index (χ3n) is 3.55. The van der Waals surface area contributed by atoms with Gasteiger partial charge in [0.2, 0.25) is 0 Å². The van der Waals surface area contributed by atoms with Gasteiger partial charge in [-0.2, -0.15) is 0 Å². The van der Waals surface area contributed by atoms with Crippen molar-refractivity contribution in [3.05, 3.63) is 29.2 Å². The quantitative estimate of drug-likeness (QED) is 0.913. The number of likely N-dealkylation sites (N-methyl/N-ethyl adjacent to an activating group) is 1. The van der Waals surface area contributed by atoms with E-state index < -0.39 is 18.1 Å². The predicted molar refractivity (Wildman–Crippen MR) is 82.0 cm³/mol. The number of halogens is 2. The Morgan fingerprint density at radius 2 is 2.14 bits per heavy atom. The number of alkyl halides is 1. The van der Waals surface area contributed by atoms with E-state index in [4.69, 9.17) is 16.3 Å². The van der Waals surface area contributed by atoms with Crippen LogP contribution in [0, 0.1) is 0 Å². The highest BCUT2D eigenvalue weighted by molar-refractivity contribution is 6.30. The average Bonchev–Trinajstić information content (AvgIpc) is 2.63. The molecular weight excluding hydrogens is 311 g/mol. The van der Waals surface area contributed by atoms with Crippen LogP contribution in [0.1, 0.15) is 26.3 Å². The first-order chi connectivity index (χ1) is 10.2. The smallest absolute Gasteiger partial charge is 0.179 e. The number of ether oxygens (including phenoxy) is 1. The van der Waals surface area contributed by atoms with Crippen molar-refractivity contribution >= 4 is 17.4 Å². The molecule has 0 aliphatic carbocycles. The Morgan fingerprint density at radius 1 is 1.50 bits per heavy atom. The summed E-state index contributed by atoms with van der Waals surface area (Å²) in [6.07, 6.45) is -1.61. The first-order valence-electron chi connectivity index (χ1n) is 6.91. The largest absolute Gasteiger partial charge is 0.369 e. The number of hydrogen-bond acceptors (Lipinski definition) is 6. The molecule has 0 bridgehead atoms. The molecule has 2 atom stereocenters. The van der Waals surface area contributed by atoms with Gasteiger partial charge in [-0.3, -0.25) is 4.90 Å². The summed E-state index contributed by atoms with van der Waals surface area (Å²) in [6.45, 7) is 8.93. The highest BCUT2D eigenvalue weighted by atomic mass is 35.5. The van der Waals surface area contributed by atoms with Gasteiger partial charge in [0.1, 0.15) is 11.5 Å². The van der Waals surface area contributed by atoms with Gasteiger partial charge in [0, 0.05) is 19.2 Å².